The minimum atomic E-state index is -0.0637. The van der Waals surface area contributed by atoms with Crippen molar-refractivity contribution in [2.24, 2.45) is 5.73 Å². The molecule has 0 amide bonds. The number of methoxy groups -OCH3 is 2. The molecule has 1 aliphatic rings. The minimum absolute atomic E-state index is 0.0637. The zero-order chi connectivity index (χ0) is 15.3. The molecule has 1 saturated heterocycles. The highest BCUT2D eigenvalue weighted by molar-refractivity contribution is 5.34. The van der Waals surface area contributed by atoms with Crippen LogP contribution >= 0.6 is 0 Å². The fraction of sp³-hybridized carbons (Fsp3) is 0.647. The maximum Gasteiger partial charge on any atom is 0.122 e. The third-order valence-electron chi connectivity index (χ3n) is 4.68. The number of piperidine rings is 1. The Bertz CT molecular complexity index is 452. The molecule has 0 aromatic heterocycles. The topological polar surface area (TPSA) is 47.7 Å². The first-order valence-electron chi connectivity index (χ1n) is 7.73. The summed E-state index contributed by atoms with van der Waals surface area (Å²) in [7, 11) is 3.52. The second-order valence-electron chi connectivity index (χ2n) is 6.14. The van der Waals surface area contributed by atoms with Gasteiger partial charge in [-0.2, -0.15) is 0 Å². The first-order valence-corrected chi connectivity index (χ1v) is 7.73. The molecule has 21 heavy (non-hydrogen) atoms. The highest BCUT2D eigenvalue weighted by Crippen LogP contribution is 2.28. The van der Waals surface area contributed by atoms with Crippen molar-refractivity contribution >= 4 is 0 Å². The summed E-state index contributed by atoms with van der Waals surface area (Å²) in [5, 5.41) is 0. The van der Waals surface area contributed by atoms with Gasteiger partial charge in [-0.15, -0.1) is 0 Å². The standard InChI is InChI=1S/C17H28N2O2/c1-17(13-18,19-10-6-8-15(12-19)20-2)11-14-7-4-5-9-16(14)21-3/h4-5,7,9,15H,6,8,10-13,18H2,1-3H3. The second kappa shape index (κ2) is 7.25. The van der Waals surface area contributed by atoms with Crippen molar-refractivity contribution in [3.63, 3.8) is 0 Å². The zero-order valence-corrected chi connectivity index (χ0v) is 13.5. The summed E-state index contributed by atoms with van der Waals surface area (Å²) >= 11 is 0. The van der Waals surface area contributed by atoms with Crippen LogP contribution in [0.15, 0.2) is 24.3 Å². The summed E-state index contributed by atoms with van der Waals surface area (Å²) in [6, 6.07) is 8.21. The van der Waals surface area contributed by atoms with Gasteiger partial charge in [-0.1, -0.05) is 18.2 Å². The Balaban J connectivity index is 2.16. The van der Waals surface area contributed by atoms with E-state index in [1.807, 2.05) is 12.1 Å². The molecule has 118 valence electrons. The third-order valence-corrected chi connectivity index (χ3v) is 4.68. The number of hydrogen-bond donors (Lipinski definition) is 1. The fourth-order valence-corrected chi connectivity index (χ4v) is 3.19. The Labute approximate surface area is 128 Å². The van der Waals surface area contributed by atoms with Crippen LogP contribution in [0.25, 0.3) is 0 Å². The fourth-order valence-electron chi connectivity index (χ4n) is 3.19. The number of benzene rings is 1. The second-order valence-corrected chi connectivity index (χ2v) is 6.14. The molecule has 4 heteroatoms. The van der Waals surface area contributed by atoms with E-state index in [-0.39, 0.29) is 5.54 Å². The van der Waals surface area contributed by atoms with Gasteiger partial charge in [0.1, 0.15) is 5.75 Å². The number of nitrogens with zero attached hydrogens (tertiary/aromatic N) is 1. The van der Waals surface area contributed by atoms with Gasteiger partial charge < -0.3 is 15.2 Å². The van der Waals surface area contributed by atoms with Crippen LogP contribution in [0.5, 0.6) is 5.75 Å². The first kappa shape index (κ1) is 16.3. The number of nitrogens with two attached hydrogens (primary N) is 1. The van der Waals surface area contributed by atoms with Gasteiger partial charge in [0, 0.05) is 25.7 Å². The average Bonchev–Trinajstić information content (AvgIpc) is 2.55. The summed E-state index contributed by atoms with van der Waals surface area (Å²) in [4.78, 5) is 2.48. The largest absolute Gasteiger partial charge is 0.496 e. The van der Waals surface area contributed by atoms with Crippen molar-refractivity contribution in [2.75, 3.05) is 33.9 Å². The van der Waals surface area contributed by atoms with E-state index >= 15 is 0 Å². The first-order chi connectivity index (χ1) is 10.1. The molecule has 1 fully saturated rings. The maximum absolute atomic E-state index is 6.14. The van der Waals surface area contributed by atoms with E-state index < -0.39 is 0 Å². The van der Waals surface area contributed by atoms with E-state index in [1.165, 1.54) is 12.0 Å². The predicted octanol–water partition coefficient (Wildman–Crippen LogP) is 2.07. The van der Waals surface area contributed by atoms with Gasteiger partial charge in [0.25, 0.3) is 0 Å². The number of rotatable bonds is 6. The van der Waals surface area contributed by atoms with Gasteiger partial charge in [0.2, 0.25) is 0 Å². The van der Waals surface area contributed by atoms with Crippen LogP contribution in [0.4, 0.5) is 0 Å². The smallest absolute Gasteiger partial charge is 0.122 e. The van der Waals surface area contributed by atoms with Crippen molar-refractivity contribution in [1.29, 1.82) is 0 Å². The highest BCUT2D eigenvalue weighted by atomic mass is 16.5. The predicted molar refractivity (Wildman–Crippen MR) is 85.8 cm³/mol. The SMILES string of the molecule is COc1ccccc1CC(C)(CN)N1CCCC(OC)C1. The van der Waals surface area contributed by atoms with E-state index in [0.29, 0.717) is 12.6 Å². The molecule has 0 saturated carbocycles. The lowest BCUT2D eigenvalue weighted by Gasteiger charge is -2.45. The van der Waals surface area contributed by atoms with E-state index in [1.54, 1.807) is 14.2 Å². The van der Waals surface area contributed by atoms with Crippen LogP contribution in [0.2, 0.25) is 0 Å². The average molecular weight is 292 g/mol. The lowest BCUT2D eigenvalue weighted by Crippen LogP contribution is -2.57. The van der Waals surface area contributed by atoms with Crippen molar-refractivity contribution in [3.05, 3.63) is 29.8 Å². The Kier molecular flexibility index (Phi) is 5.62. The minimum Gasteiger partial charge on any atom is -0.496 e. The number of ether oxygens (including phenoxy) is 2. The molecule has 2 unspecified atom stereocenters. The van der Waals surface area contributed by atoms with Crippen LogP contribution in [-0.4, -0.2) is 50.4 Å². The third kappa shape index (κ3) is 3.76. The van der Waals surface area contributed by atoms with Gasteiger partial charge >= 0.3 is 0 Å². The van der Waals surface area contributed by atoms with Crippen LogP contribution < -0.4 is 10.5 Å². The van der Waals surface area contributed by atoms with Crippen molar-refractivity contribution in [3.8, 4) is 5.75 Å². The molecule has 0 aliphatic carbocycles. The maximum atomic E-state index is 6.14. The van der Waals surface area contributed by atoms with E-state index in [2.05, 4.69) is 24.0 Å². The number of para-hydroxylation sites is 1. The molecule has 1 aromatic carbocycles. The Morgan fingerprint density at radius 3 is 2.76 bits per heavy atom. The molecule has 1 aromatic rings. The molecule has 0 spiro atoms. The van der Waals surface area contributed by atoms with Gasteiger partial charge in [-0.25, -0.2) is 0 Å². The van der Waals surface area contributed by atoms with Gasteiger partial charge in [0.05, 0.1) is 13.2 Å². The molecule has 2 N–H and O–H groups in total. The van der Waals surface area contributed by atoms with Crippen molar-refractivity contribution < 1.29 is 9.47 Å². The van der Waals surface area contributed by atoms with Gasteiger partial charge in [-0.3, -0.25) is 4.90 Å². The molecule has 4 nitrogen and oxygen atoms in total. The van der Waals surface area contributed by atoms with E-state index in [0.717, 1.165) is 31.7 Å². The Hall–Kier alpha value is -1.10. The Morgan fingerprint density at radius 1 is 1.33 bits per heavy atom. The molecule has 2 rings (SSSR count). The van der Waals surface area contributed by atoms with Crippen molar-refractivity contribution in [1.82, 2.24) is 4.90 Å². The van der Waals surface area contributed by atoms with Crippen LogP contribution in [-0.2, 0) is 11.2 Å². The molecule has 0 radical (unpaired) electrons. The molecule has 1 aliphatic heterocycles. The number of hydrogen-bond acceptors (Lipinski definition) is 4. The summed E-state index contributed by atoms with van der Waals surface area (Å²) in [6.45, 7) is 4.92. The molecular weight excluding hydrogens is 264 g/mol. The quantitative estimate of drug-likeness (QED) is 0.872. The monoisotopic (exact) mass is 292 g/mol. The summed E-state index contributed by atoms with van der Waals surface area (Å²) < 4.78 is 11.0. The summed E-state index contributed by atoms with van der Waals surface area (Å²) in [5.41, 5.74) is 7.29. The van der Waals surface area contributed by atoms with Crippen molar-refractivity contribution in [2.45, 2.75) is 37.8 Å². The molecule has 0 bridgehead atoms. The van der Waals surface area contributed by atoms with Crippen LogP contribution in [0.1, 0.15) is 25.3 Å². The van der Waals surface area contributed by atoms with Gasteiger partial charge in [-0.05, 0) is 44.4 Å². The zero-order valence-electron chi connectivity index (χ0n) is 13.5. The summed E-state index contributed by atoms with van der Waals surface area (Å²) in [6.07, 6.45) is 3.52. The lowest BCUT2D eigenvalue weighted by molar-refractivity contribution is -0.0115. The van der Waals surface area contributed by atoms with Crippen LogP contribution in [0, 0.1) is 0 Å². The number of likely N-dealkylation sites (tertiary alicyclic amines) is 1. The van der Waals surface area contributed by atoms with Crippen LogP contribution in [0.3, 0.4) is 0 Å². The Morgan fingerprint density at radius 2 is 2.10 bits per heavy atom. The molecule has 1 heterocycles. The molecule has 2 atom stereocenters. The summed E-state index contributed by atoms with van der Waals surface area (Å²) in [5.74, 6) is 0.942. The van der Waals surface area contributed by atoms with E-state index in [9.17, 15) is 0 Å². The van der Waals surface area contributed by atoms with E-state index in [4.69, 9.17) is 15.2 Å². The van der Waals surface area contributed by atoms with Gasteiger partial charge in [0.15, 0.2) is 0 Å². The molecular formula is C17H28N2O2. The highest BCUT2D eigenvalue weighted by Gasteiger charge is 2.35. The normalized spacial score (nSPS) is 22.8. The lowest BCUT2D eigenvalue weighted by atomic mass is 9.88.